The maximum Gasteiger partial charge on any atom is 0.0518 e. The molecule has 0 amide bonds. The molecule has 1 heterocycles. The topological polar surface area (TPSA) is 33.1 Å². The Bertz CT molecular complexity index is 267. The molecular weight excluding hydrogens is 176 g/mol. The van der Waals surface area contributed by atoms with E-state index in [1.807, 2.05) is 24.0 Å². The fourth-order valence-electron chi connectivity index (χ4n) is 1.47. The van der Waals surface area contributed by atoms with Crippen LogP contribution in [0.25, 0.3) is 0 Å². The maximum atomic E-state index is 4.12. The zero-order valence-corrected chi connectivity index (χ0v) is 9.49. The fourth-order valence-corrected chi connectivity index (χ4v) is 1.47. The van der Waals surface area contributed by atoms with Gasteiger partial charge < -0.3 is 10.2 Å². The van der Waals surface area contributed by atoms with Crippen molar-refractivity contribution < 1.29 is 0 Å². The van der Waals surface area contributed by atoms with Gasteiger partial charge in [-0.2, -0.15) is 5.10 Å². The Morgan fingerprint density at radius 2 is 2.29 bits per heavy atom. The van der Waals surface area contributed by atoms with Crippen LogP contribution in [-0.4, -0.2) is 41.4 Å². The van der Waals surface area contributed by atoms with Gasteiger partial charge in [0.05, 0.1) is 5.69 Å². The molecule has 1 N–H and O–H groups in total. The molecule has 0 aliphatic rings. The molecule has 1 rings (SSSR count). The molecule has 80 valence electrons. The minimum Gasteiger partial charge on any atom is -0.308 e. The summed E-state index contributed by atoms with van der Waals surface area (Å²) < 4.78 is 1.90. The number of hydrogen-bond donors (Lipinski definition) is 1. The number of aryl methyl sites for hydroxylation is 1. The third-order valence-electron chi connectivity index (χ3n) is 2.19. The van der Waals surface area contributed by atoms with Crippen LogP contribution in [0.15, 0.2) is 12.3 Å². The van der Waals surface area contributed by atoms with Crippen molar-refractivity contribution in [3.63, 3.8) is 0 Å². The Morgan fingerprint density at radius 1 is 1.57 bits per heavy atom. The highest BCUT2D eigenvalue weighted by atomic mass is 15.3. The molecule has 0 spiro atoms. The number of nitrogens with zero attached hydrogens (tertiary/aromatic N) is 3. The first-order chi connectivity index (χ1) is 6.59. The van der Waals surface area contributed by atoms with Gasteiger partial charge in [0.15, 0.2) is 0 Å². The van der Waals surface area contributed by atoms with Crippen LogP contribution < -0.4 is 5.32 Å². The molecule has 1 unspecified atom stereocenters. The van der Waals surface area contributed by atoms with Crippen molar-refractivity contribution in [2.75, 3.05) is 20.6 Å². The first-order valence-electron chi connectivity index (χ1n) is 4.94. The van der Waals surface area contributed by atoms with Crippen LogP contribution in [-0.2, 0) is 13.6 Å². The van der Waals surface area contributed by atoms with E-state index in [0.29, 0.717) is 6.04 Å². The van der Waals surface area contributed by atoms with E-state index in [2.05, 4.69) is 36.3 Å². The van der Waals surface area contributed by atoms with Crippen LogP contribution in [0.3, 0.4) is 0 Å². The average Bonchev–Trinajstić information content (AvgIpc) is 2.46. The molecule has 4 nitrogen and oxygen atoms in total. The highest BCUT2D eigenvalue weighted by Crippen LogP contribution is 1.96. The molecule has 14 heavy (non-hydrogen) atoms. The van der Waals surface area contributed by atoms with Crippen molar-refractivity contribution in [2.24, 2.45) is 7.05 Å². The highest BCUT2D eigenvalue weighted by molar-refractivity contribution is 4.99. The second-order valence-electron chi connectivity index (χ2n) is 3.99. The molecule has 0 aromatic carbocycles. The molecule has 0 radical (unpaired) electrons. The van der Waals surface area contributed by atoms with Crippen molar-refractivity contribution in [1.82, 2.24) is 20.0 Å². The molecule has 0 saturated heterocycles. The van der Waals surface area contributed by atoms with Crippen molar-refractivity contribution in [2.45, 2.75) is 19.5 Å². The van der Waals surface area contributed by atoms with Crippen LogP contribution in [0.2, 0.25) is 0 Å². The normalized spacial score (nSPS) is 13.5. The predicted molar refractivity (Wildman–Crippen MR) is 58.1 cm³/mol. The van der Waals surface area contributed by atoms with E-state index in [9.17, 15) is 0 Å². The number of hydrogen-bond acceptors (Lipinski definition) is 3. The van der Waals surface area contributed by atoms with E-state index in [-0.39, 0.29) is 0 Å². The minimum absolute atomic E-state index is 0.500. The van der Waals surface area contributed by atoms with Crippen molar-refractivity contribution in [1.29, 1.82) is 0 Å². The lowest BCUT2D eigenvalue weighted by Gasteiger charge is -2.18. The predicted octanol–water partition coefficient (Wildman–Crippen LogP) is 0.460. The number of aromatic nitrogens is 2. The largest absolute Gasteiger partial charge is 0.308 e. The van der Waals surface area contributed by atoms with Gasteiger partial charge in [0, 0.05) is 32.4 Å². The molecule has 0 aliphatic heterocycles. The summed E-state index contributed by atoms with van der Waals surface area (Å²) in [5.74, 6) is 0. The van der Waals surface area contributed by atoms with Gasteiger partial charge in [-0.1, -0.05) is 0 Å². The van der Waals surface area contributed by atoms with Gasteiger partial charge in [0.1, 0.15) is 0 Å². The first kappa shape index (κ1) is 11.2. The summed E-state index contributed by atoms with van der Waals surface area (Å²) >= 11 is 0. The van der Waals surface area contributed by atoms with Gasteiger partial charge in [-0.15, -0.1) is 0 Å². The monoisotopic (exact) mass is 196 g/mol. The molecule has 0 aliphatic carbocycles. The van der Waals surface area contributed by atoms with E-state index in [4.69, 9.17) is 0 Å². The van der Waals surface area contributed by atoms with E-state index >= 15 is 0 Å². The quantitative estimate of drug-likeness (QED) is 0.742. The van der Waals surface area contributed by atoms with Crippen LogP contribution in [0.5, 0.6) is 0 Å². The van der Waals surface area contributed by atoms with Gasteiger partial charge in [-0.05, 0) is 27.1 Å². The van der Waals surface area contributed by atoms with Gasteiger partial charge >= 0.3 is 0 Å². The summed E-state index contributed by atoms with van der Waals surface area (Å²) in [6.07, 6.45) is 1.83. The Kier molecular flexibility index (Phi) is 4.10. The third kappa shape index (κ3) is 3.47. The van der Waals surface area contributed by atoms with Crippen molar-refractivity contribution >= 4 is 0 Å². The summed E-state index contributed by atoms with van der Waals surface area (Å²) in [6, 6.07) is 2.54. The minimum atomic E-state index is 0.500. The lowest BCUT2D eigenvalue weighted by molar-refractivity contribution is 0.347. The molecule has 4 heteroatoms. The lowest BCUT2D eigenvalue weighted by atomic mass is 10.3. The second-order valence-corrected chi connectivity index (χ2v) is 3.99. The molecule has 1 atom stereocenters. The molecule has 1 aromatic heterocycles. The van der Waals surface area contributed by atoms with Gasteiger partial charge in [-0.25, -0.2) is 0 Å². The Morgan fingerprint density at radius 3 is 2.79 bits per heavy atom. The van der Waals surface area contributed by atoms with Crippen LogP contribution >= 0.6 is 0 Å². The molecule has 0 fully saturated rings. The molecular formula is C10H20N4. The fraction of sp³-hybridized carbons (Fsp3) is 0.700. The second kappa shape index (κ2) is 5.12. The summed E-state index contributed by atoms with van der Waals surface area (Å²) in [7, 11) is 6.14. The summed E-state index contributed by atoms with van der Waals surface area (Å²) in [5, 5.41) is 7.58. The Hall–Kier alpha value is -0.870. The van der Waals surface area contributed by atoms with Gasteiger partial charge in [-0.3, -0.25) is 4.68 Å². The molecule has 0 bridgehead atoms. The average molecular weight is 196 g/mol. The zero-order chi connectivity index (χ0) is 10.6. The third-order valence-corrected chi connectivity index (χ3v) is 2.19. The number of nitrogens with one attached hydrogen (secondary N) is 1. The molecule has 0 saturated carbocycles. The number of rotatable bonds is 5. The highest BCUT2D eigenvalue weighted by Gasteiger charge is 2.04. The van der Waals surface area contributed by atoms with Crippen LogP contribution in [0.1, 0.15) is 12.6 Å². The Labute approximate surface area is 85.9 Å². The standard InChI is InChI=1S/C10H20N4/c1-9(8-13(2)3)11-7-10-5-6-12-14(10)4/h5-6,9,11H,7-8H2,1-4H3. The van der Waals surface area contributed by atoms with Crippen LogP contribution in [0, 0.1) is 0 Å². The molecule has 1 aromatic rings. The van der Waals surface area contributed by atoms with Crippen molar-refractivity contribution in [3.05, 3.63) is 18.0 Å². The van der Waals surface area contributed by atoms with Crippen molar-refractivity contribution in [3.8, 4) is 0 Å². The number of likely N-dealkylation sites (N-methyl/N-ethyl adjacent to an activating group) is 1. The maximum absolute atomic E-state index is 4.12. The van der Waals surface area contributed by atoms with Gasteiger partial charge in [0.2, 0.25) is 0 Å². The Balaban J connectivity index is 2.30. The first-order valence-corrected chi connectivity index (χ1v) is 4.94. The van der Waals surface area contributed by atoms with Gasteiger partial charge in [0.25, 0.3) is 0 Å². The summed E-state index contributed by atoms with van der Waals surface area (Å²) in [5.41, 5.74) is 1.22. The van der Waals surface area contributed by atoms with E-state index < -0.39 is 0 Å². The SMILES string of the molecule is CC(CN(C)C)NCc1ccnn1C. The zero-order valence-electron chi connectivity index (χ0n) is 9.49. The van der Waals surface area contributed by atoms with E-state index in [0.717, 1.165) is 13.1 Å². The smallest absolute Gasteiger partial charge is 0.0518 e. The lowest BCUT2D eigenvalue weighted by Crippen LogP contribution is -2.35. The van der Waals surface area contributed by atoms with Crippen LogP contribution in [0.4, 0.5) is 0 Å². The summed E-state index contributed by atoms with van der Waals surface area (Å²) in [6.45, 7) is 4.12. The van der Waals surface area contributed by atoms with E-state index in [1.54, 1.807) is 0 Å². The van der Waals surface area contributed by atoms with E-state index in [1.165, 1.54) is 5.69 Å². The summed E-state index contributed by atoms with van der Waals surface area (Å²) in [4.78, 5) is 2.18.